The number of rotatable bonds is 1. The van der Waals surface area contributed by atoms with Gasteiger partial charge in [-0.25, -0.2) is 0 Å². The van der Waals surface area contributed by atoms with Gasteiger partial charge >= 0.3 is 0 Å². The Bertz CT molecular complexity index is 55.4. The van der Waals surface area contributed by atoms with Crippen LogP contribution in [0.2, 0.25) is 12.6 Å². The highest BCUT2D eigenvalue weighted by molar-refractivity contribution is 6.35. The van der Waals surface area contributed by atoms with Crippen molar-refractivity contribution in [1.29, 1.82) is 0 Å². The average molecular weight is 109 g/mol. The van der Waals surface area contributed by atoms with Gasteiger partial charge in [0, 0.05) is 0 Å². The highest BCUT2D eigenvalue weighted by Gasteiger charge is 2.10. The van der Waals surface area contributed by atoms with Crippen molar-refractivity contribution in [2.75, 3.05) is 0 Å². The predicted molar refractivity (Wildman–Crippen MR) is 38.5 cm³/mol. The van der Waals surface area contributed by atoms with Gasteiger partial charge in [0.1, 0.15) is 7.28 Å². The molecule has 8 heavy (non-hydrogen) atoms. The van der Waals surface area contributed by atoms with Crippen LogP contribution in [0, 0.1) is 0 Å². The number of hydrogen-bond acceptors (Lipinski definition) is 0. The van der Waals surface area contributed by atoms with E-state index in [1.807, 2.05) is 0 Å². The normalized spacial score (nSPS) is 23.1. The summed E-state index contributed by atoms with van der Waals surface area (Å²) in [4.78, 5) is 0. The van der Waals surface area contributed by atoms with Crippen LogP contribution < -0.4 is 0 Å². The van der Waals surface area contributed by atoms with E-state index < -0.39 is 0 Å². The molecule has 0 aliphatic heterocycles. The molecule has 1 fully saturated rings. The first-order valence-electron chi connectivity index (χ1n) is 3.73. The van der Waals surface area contributed by atoms with Crippen LogP contribution in [-0.2, 0) is 0 Å². The molecule has 0 aromatic rings. The Kier molecular flexibility index (Phi) is 2.45. The van der Waals surface area contributed by atoms with Crippen molar-refractivity contribution in [3.63, 3.8) is 0 Å². The highest BCUT2D eigenvalue weighted by Crippen LogP contribution is 2.27. The Morgan fingerprint density at radius 3 is 2.12 bits per heavy atom. The fraction of sp³-hybridized carbons (Fsp3) is 1.00. The molecule has 0 amide bonds. The van der Waals surface area contributed by atoms with E-state index >= 15 is 0 Å². The van der Waals surface area contributed by atoms with E-state index in [1.165, 1.54) is 32.1 Å². The summed E-state index contributed by atoms with van der Waals surface area (Å²) in [6, 6.07) is 0. The molecule has 0 N–H and O–H groups in total. The average Bonchev–Trinajstić information content (AvgIpc) is 1.90. The van der Waals surface area contributed by atoms with Crippen LogP contribution in [0.15, 0.2) is 0 Å². The smallest absolute Gasteiger partial charge is 0.0917 e. The molecule has 1 heteroatoms. The van der Waals surface area contributed by atoms with Crippen LogP contribution in [0.4, 0.5) is 0 Å². The predicted octanol–water partition coefficient (Wildman–Crippen LogP) is 2.49. The lowest BCUT2D eigenvalue weighted by Crippen LogP contribution is -2.04. The zero-order valence-corrected chi connectivity index (χ0v) is 5.69. The van der Waals surface area contributed by atoms with Crippen molar-refractivity contribution in [2.45, 2.75) is 44.7 Å². The SMILES string of the molecule is C[B]C1CCCCC1. The summed E-state index contributed by atoms with van der Waals surface area (Å²) in [5, 5.41) is 0. The van der Waals surface area contributed by atoms with E-state index in [2.05, 4.69) is 14.1 Å². The third-order valence-electron chi connectivity index (χ3n) is 2.12. The molecule has 1 aliphatic carbocycles. The highest BCUT2D eigenvalue weighted by atomic mass is 14.1. The summed E-state index contributed by atoms with van der Waals surface area (Å²) in [6.45, 7) is 2.19. The van der Waals surface area contributed by atoms with Crippen molar-refractivity contribution in [2.24, 2.45) is 0 Å². The molecule has 0 bridgehead atoms. The quantitative estimate of drug-likeness (QED) is 0.453. The molecular weight excluding hydrogens is 94.9 g/mol. The second-order valence-electron chi connectivity index (χ2n) is 2.73. The lowest BCUT2D eigenvalue weighted by Gasteiger charge is -2.18. The maximum Gasteiger partial charge on any atom is 0.110 e. The second kappa shape index (κ2) is 3.16. The van der Waals surface area contributed by atoms with Gasteiger partial charge in [-0.1, -0.05) is 44.7 Å². The van der Waals surface area contributed by atoms with Crippen molar-refractivity contribution >= 4 is 7.28 Å². The number of hydrogen-bond donors (Lipinski definition) is 0. The minimum absolute atomic E-state index is 0.962. The molecule has 0 aromatic carbocycles. The van der Waals surface area contributed by atoms with Gasteiger partial charge in [0.15, 0.2) is 0 Å². The molecule has 45 valence electrons. The molecule has 1 radical (unpaired) electrons. The topological polar surface area (TPSA) is 0 Å². The summed E-state index contributed by atoms with van der Waals surface area (Å²) in [7, 11) is 2.36. The Morgan fingerprint density at radius 2 is 1.75 bits per heavy atom. The summed E-state index contributed by atoms with van der Waals surface area (Å²) < 4.78 is 0. The zero-order valence-electron chi connectivity index (χ0n) is 5.69. The van der Waals surface area contributed by atoms with Crippen LogP contribution in [-0.4, -0.2) is 7.28 Å². The van der Waals surface area contributed by atoms with Gasteiger partial charge < -0.3 is 0 Å². The van der Waals surface area contributed by atoms with Gasteiger partial charge in [0.05, 0.1) is 0 Å². The van der Waals surface area contributed by atoms with Gasteiger partial charge in [-0.3, -0.25) is 0 Å². The lowest BCUT2D eigenvalue weighted by atomic mass is 9.61. The van der Waals surface area contributed by atoms with Crippen molar-refractivity contribution in [1.82, 2.24) is 0 Å². The van der Waals surface area contributed by atoms with Crippen LogP contribution >= 0.6 is 0 Å². The molecule has 0 atom stereocenters. The minimum atomic E-state index is 0.962. The Balaban J connectivity index is 2.13. The minimum Gasteiger partial charge on any atom is -0.0917 e. The molecule has 0 heterocycles. The summed E-state index contributed by atoms with van der Waals surface area (Å²) in [6.07, 6.45) is 7.32. The van der Waals surface area contributed by atoms with E-state index in [9.17, 15) is 0 Å². The van der Waals surface area contributed by atoms with Gasteiger partial charge in [0.2, 0.25) is 0 Å². The molecule has 0 aromatic heterocycles. The van der Waals surface area contributed by atoms with E-state index in [1.54, 1.807) is 0 Å². The standard InChI is InChI=1S/C7H14B/c1-8-7-5-3-2-4-6-7/h7H,2-6H2,1H3. The Labute approximate surface area is 52.9 Å². The van der Waals surface area contributed by atoms with E-state index in [-0.39, 0.29) is 0 Å². The molecule has 1 aliphatic rings. The first-order chi connectivity index (χ1) is 3.93. The van der Waals surface area contributed by atoms with Crippen LogP contribution in [0.1, 0.15) is 32.1 Å². The van der Waals surface area contributed by atoms with Gasteiger partial charge in [0.25, 0.3) is 0 Å². The fourth-order valence-electron chi connectivity index (χ4n) is 1.47. The molecular formula is C7H14B. The van der Waals surface area contributed by atoms with E-state index in [4.69, 9.17) is 0 Å². The Morgan fingerprint density at radius 1 is 1.12 bits per heavy atom. The van der Waals surface area contributed by atoms with Crippen LogP contribution in [0.25, 0.3) is 0 Å². The fourth-order valence-corrected chi connectivity index (χ4v) is 1.47. The van der Waals surface area contributed by atoms with Crippen LogP contribution in [0.5, 0.6) is 0 Å². The summed E-state index contributed by atoms with van der Waals surface area (Å²) in [5.74, 6) is 0.962. The monoisotopic (exact) mass is 109 g/mol. The van der Waals surface area contributed by atoms with Crippen molar-refractivity contribution < 1.29 is 0 Å². The zero-order chi connectivity index (χ0) is 5.82. The first kappa shape index (κ1) is 6.19. The maximum atomic E-state index is 2.36. The van der Waals surface area contributed by atoms with Crippen molar-refractivity contribution in [3.8, 4) is 0 Å². The van der Waals surface area contributed by atoms with Gasteiger partial charge in [-0.15, -0.1) is 0 Å². The third-order valence-corrected chi connectivity index (χ3v) is 2.12. The molecule has 0 nitrogen and oxygen atoms in total. The largest absolute Gasteiger partial charge is 0.110 e. The third kappa shape index (κ3) is 1.54. The lowest BCUT2D eigenvalue weighted by molar-refractivity contribution is 0.501. The molecule has 0 spiro atoms. The van der Waals surface area contributed by atoms with Crippen LogP contribution in [0.3, 0.4) is 0 Å². The maximum absolute atomic E-state index is 2.36. The summed E-state index contributed by atoms with van der Waals surface area (Å²) in [5.41, 5.74) is 0. The Hall–Kier alpha value is 0.0649. The molecule has 0 unspecified atom stereocenters. The second-order valence-corrected chi connectivity index (χ2v) is 2.73. The molecule has 0 saturated heterocycles. The molecule has 1 rings (SSSR count). The first-order valence-corrected chi connectivity index (χ1v) is 3.73. The van der Waals surface area contributed by atoms with Gasteiger partial charge in [-0.2, -0.15) is 0 Å². The van der Waals surface area contributed by atoms with Gasteiger partial charge in [-0.05, 0) is 0 Å². The van der Waals surface area contributed by atoms with E-state index in [0.717, 1.165) is 5.82 Å². The van der Waals surface area contributed by atoms with E-state index in [0.29, 0.717) is 0 Å². The summed E-state index contributed by atoms with van der Waals surface area (Å²) >= 11 is 0. The van der Waals surface area contributed by atoms with Crippen molar-refractivity contribution in [3.05, 3.63) is 0 Å². The molecule has 1 saturated carbocycles.